The summed E-state index contributed by atoms with van der Waals surface area (Å²) in [7, 11) is 0. The third-order valence-corrected chi connectivity index (χ3v) is 4.08. The molecule has 2 rings (SSSR count). The van der Waals surface area contributed by atoms with E-state index in [1.807, 2.05) is 0 Å². The van der Waals surface area contributed by atoms with Gasteiger partial charge in [-0.2, -0.15) is 0 Å². The van der Waals surface area contributed by atoms with Crippen molar-refractivity contribution in [3.8, 4) is 0 Å². The molecule has 2 fully saturated rings. The molecule has 0 bridgehead atoms. The van der Waals surface area contributed by atoms with Gasteiger partial charge in [0.1, 0.15) is 0 Å². The van der Waals surface area contributed by atoms with Crippen LogP contribution in [0.5, 0.6) is 0 Å². The third kappa shape index (κ3) is 1.96. The molecule has 0 aromatic heterocycles. The second-order valence-electron chi connectivity index (χ2n) is 5.41. The van der Waals surface area contributed by atoms with E-state index in [4.69, 9.17) is 0 Å². The summed E-state index contributed by atoms with van der Waals surface area (Å²) >= 11 is 0. The van der Waals surface area contributed by atoms with Gasteiger partial charge in [-0.05, 0) is 25.2 Å². The largest absolute Gasteiger partial charge is 0.387 e. The molecule has 1 saturated carbocycles. The first-order valence-corrected chi connectivity index (χ1v) is 6.09. The Morgan fingerprint density at radius 3 is 2.64 bits per heavy atom. The molecule has 2 unspecified atom stereocenters. The monoisotopic (exact) mass is 197 g/mol. The Bertz CT molecular complexity index is 198. The number of nitrogens with zero attached hydrogens (tertiary/aromatic N) is 1. The van der Waals surface area contributed by atoms with Crippen molar-refractivity contribution in [1.29, 1.82) is 0 Å². The van der Waals surface area contributed by atoms with Crippen molar-refractivity contribution < 1.29 is 5.11 Å². The minimum Gasteiger partial charge on any atom is -0.387 e. The maximum atomic E-state index is 9.94. The number of aliphatic hydroxyl groups is 1. The summed E-state index contributed by atoms with van der Waals surface area (Å²) in [6.45, 7) is 6.28. The highest BCUT2D eigenvalue weighted by molar-refractivity contribution is 4.98. The summed E-state index contributed by atoms with van der Waals surface area (Å²) in [5.74, 6) is 0.893. The summed E-state index contributed by atoms with van der Waals surface area (Å²) < 4.78 is 0. The highest BCUT2D eigenvalue weighted by atomic mass is 16.3. The molecule has 14 heavy (non-hydrogen) atoms. The summed E-state index contributed by atoms with van der Waals surface area (Å²) in [5.41, 5.74) is -0.347. The second kappa shape index (κ2) is 3.82. The van der Waals surface area contributed by atoms with Crippen molar-refractivity contribution in [3.05, 3.63) is 0 Å². The minimum absolute atomic E-state index is 0.347. The molecule has 1 heterocycles. The van der Waals surface area contributed by atoms with Gasteiger partial charge >= 0.3 is 0 Å². The highest BCUT2D eigenvalue weighted by Gasteiger charge is 2.43. The Morgan fingerprint density at radius 1 is 1.36 bits per heavy atom. The van der Waals surface area contributed by atoms with Crippen LogP contribution in [0.25, 0.3) is 0 Å². The molecule has 1 N–H and O–H groups in total. The van der Waals surface area contributed by atoms with Crippen molar-refractivity contribution in [2.45, 2.75) is 57.6 Å². The van der Waals surface area contributed by atoms with Gasteiger partial charge < -0.3 is 5.11 Å². The fourth-order valence-corrected chi connectivity index (χ4v) is 2.93. The van der Waals surface area contributed by atoms with Crippen LogP contribution < -0.4 is 0 Å². The molecule has 82 valence electrons. The fourth-order valence-electron chi connectivity index (χ4n) is 2.93. The Kier molecular flexibility index (Phi) is 2.85. The zero-order valence-corrected chi connectivity index (χ0v) is 9.50. The Hall–Kier alpha value is -0.0800. The molecular weight excluding hydrogens is 174 g/mol. The smallest absolute Gasteiger partial charge is 0.0897 e. The SMILES string of the molecule is CCC1(O)CN(C2CCCC(C)C2)C1. The highest BCUT2D eigenvalue weighted by Crippen LogP contribution is 2.34. The van der Waals surface area contributed by atoms with Crippen LogP contribution in [0.15, 0.2) is 0 Å². The van der Waals surface area contributed by atoms with Crippen LogP contribution in [-0.4, -0.2) is 34.7 Å². The number of hydrogen-bond acceptors (Lipinski definition) is 2. The van der Waals surface area contributed by atoms with Gasteiger partial charge in [0.25, 0.3) is 0 Å². The van der Waals surface area contributed by atoms with Gasteiger partial charge in [-0.3, -0.25) is 4.90 Å². The van der Waals surface area contributed by atoms with Crippen molar-refractivity contribution in [1.82, 2.24) is 4.90 Å². The lowest BCUT2D eigenvalue weighted by Crippen LogP contribution is -2.64. The van der Waals surface area contributed by atoms with E-state index in [0.29, 0.717) is 0 Å². The number of likely N-dealkylation sites (tertiary alicyclic amines) is 1. The lowest BCUT2D eigenvalue weighted by atomic mass is 9.81. The molecule has 1 saturated heterocycles. The first-order chi connectivity index (χ1) is 6.63. The molecule has 2 aliphatic rings. The van der Waals surface area contributed by atoms with Crippen LogP contribution in [0.1, 0.15) is 46.0 Å². The molecule has 0 aromatic carbocycles. The summed E-state index contributed by atoms with van der Waals surface area (Å²) in [4.78, 5) is 2.49. The van der Waals surface area contributed by atoms with E-state index in [2.05, 4.69) is 18.7 Å². The Morgan fingerprint density at radius 2 is 2.07 bits per heavy atom. The zero-order valence-electron chi connectivity index (χ0n) is 9.50. The Balaban J connectivity index is 1.81. The molecular formula is C12H23NO. The quantitative estimate of drug-likeness (QED) is 0.732. The molecule has 1 aliphatic heterocycles. The molecule has 2 atom stereocenters. The standard InChI is InChI=1S/C12H23NO/c1-3-12(14)8-13(9-12)11-6-4-5-10(2)7-11/h10-11,14H,3-9H2,1-2H3. The molecule has 1 aliphatic carbocycles. The predicted octanol–water partition coefficient (Wildman–Crippen LogP) is 2.02. The van der Waals surface area contributed by atoms with E-state index in [1.54, 1.807) is 0 Å². The molecule has 2 nitrogen and oxygen atoms in total. The molecule has 0 radical (unpaired) electrons. The number of hydrogen-bond donors (Lipinski definition) is 1. The lowest BCUT2D eigenvalue weighted by Gasteiger charge is -2.51. The minimum atomic E-state index is -0.347. The van der Waals surface area contributed by atoms with E-state index in [1.165, 1.54) is 25.7 Å². The van der Waals surface area contributed by atoms with Gasteiger partial charge in [0.15, 0.2) is 0 Å². The average Bonchev–Trinajstić information content (AvgIpc) is 2.13. The fraction of sp³-hybridized carbons (Fsp3) is 1.00. The zero-order chi connectivity index (χ0) is 10.2. The van der Waals surface area contributed by atoms with Crippen LogP contribution in [-0.2, 0) is 0 Å². The normalized spacial score (nSPS) is 37.9. The van der Waals surface area contributed by atoms with Crippen molar-refractivity contribution >= 4 is 0 Å². The van der Waals surface area contributed by atoms with Crippen LogP contribution >= 0.6 is 0 Å². The molecule has 2 heteroatoms. The Labute approximate surface area is 87.3 Å². The van der Waals surface area contributed by atoms with Crippen molar-refractivity contribution in [3.63, 3.8) is 0 Å². The van der Waals surface area contributed by atoms with Gasteiger partial charge in [0.2, 0.25) is 0 Å². The van der Waals surface area contributed by atoms with Crippen molar-refractivity contribution in [2.75, 3.05) is 13.1 Å². The van der Waals surface area contributed by atoms with Gasteiger partial charge in [-0.25, -0.2) is 0 Å². The second-order valence-corrected chi connectivity index (χ2v) is 5.41. The molecule has 0 amide bonds. The van der Waals surface area contributed by atoms with Crippen LogP contribution in [0, 0.1) is 5.92 Å². The van der Waals surface area contributed by atoms with E-state index in [-0.39, 0.29) is 5.60 Å². The van der Waals surface area contributed by atoms with E-state index >= 15 is 0 Å². The van der Waals surface area contributed by atoms with Gasteiger partial charge in [-0.1, -0.05) is 26.7 Å². The van der Waals surface area contributed by atoms with Gasteiger partial charge in [0.05, 0.1) is 5.60 Å². The number of rotatable bonds is 2. The van der Waals surface area contributed by atoms with Crippen molar-refractivity contribution in [2.24, 2.45) is 5.92 Å². The van der Waals surface area contributed by atoms with E-state index < -0.39 is 0 Å². The summed E-state index contributed by atoms with van der Waals surface area (Å²) in [6.07, 6.45) is 6.39. The molecule has 0 aromatic rings. The predicted molar refractivity (Wildman–Crippen MR) is 58.2 cm³/mol. The lowest BCUT2D eigenvalue weighted by molar-refractivity contribution is -0.123. The molecule has 0 spiro atoms. The summed E-state index contributed by atoms with van der Waals surface area (Å²) in [6, 6.07) is 0.769. The summed E-state index contributed by atoms with van der Waals surface area (Å²) in [5, 5.41) is 9.94. The van der Waals surface area contributed by atoms with Crippen LogP contribution in [0.4, 0.5) is 0 Å². The maximum Gasteiger partial charge on any atom is 0.0897 e. The first-order valence-electron chi connectivity index (χ1n) is 6.09. The number of β-amino-alcohol motifs (C(OH)–C–C–N with tert-alkyl or cyclic N) is 1. The van der Waals surface area contributed by atoms with Crippen LogP contribution in [0.3, 0.4) is 0 Å². The third-order valence-electron chi connectivity index (χ3n) is 4.08. The maximum absolute atomic E-state index is 9.94. The van der Waals surface area contributed by atoms with Crippen LogP contribution in [0.2, 0.25) is 0 Å². The van der Waals surface area contributed by atoms with Gasteiger partial charge in [-0.15, -0.1) is 0 Å². The average molecular weight is 197 g/mol. The topological polar surface area (TPSA) is 23.5 Å². The van der Waals surface area contributed by atoms with E-state index in [9.17, 15) is 5.11 Å². The first kappa shape index (κ1) is 10.4. The van der Waals surface area contributed by atoms with E-state index in [0.717, 1.165) is 31.5 Å². The van der Waals surface area contributed by atoms with Gasteiger partial charge in [0, 0.05) is 19.1 Å².